The van der Waals surface area contributed by atoms with E-state index in [9.17, 15) is 14.9 Å². The number of nitrogens with two attached hydrogens (primary N) is 1. The third kappa shape index (κ3) is 4.36. The van der Waals surface area contributed by atoms with Crippen LogP contribution in [0.3, 0.4) is 0 Å². The highest BCUT2D eigenvalue weighted by Gasteiger charge is 2.17. The number of carbonyl (C=O) groups excluding carboxylic acids is 1. The van der Waals surface area contributed by atoms with Crippen molar-refractivity contribution >= 4 is 34.1 Å². The van der Waals surface area contributed by atoms with Crippen LogP contribution in [0.4, 0.5) is 5.69 Å². The van der Waals surface area contributed by atoms with Crippen molar-refractivity contribution in [2.45, 2.75) is 18.9 Å². The lowest BCUT2D eigenvalue weighted by molar-refractivity contribution is -0.384. The zero-order valence-corrected chi connectivity index (χ0v) is 14.8. The molecule has 0 aliphatic heterocycles. The first-order valence-electron chi connectivity index (χ1n) is 7.53. The van der Waals surface area contributed by atoms with E-state index in [-0.39, 0.29) is 17.9 Å². The summed E-state index contributed by atoms with van der Waals surface area (Å²) in [6.07, 6.45) is 0.536. The van der Waals surface area contributed by atoms with Gasteiger partial charge in [-0.05, 0) is 23.4 Å². The molecular formula is C17H15N3O3S2. The van der Waals surface area contributed by atoms with Crippen molar-refractivity contribution in [3.8, 4) is 9.88 Å². The van der Waals surface area contributed by atoms with Gasteiger partial charge in [-0.25, -0.2) is 4.98 Å². The normalized spacial score (nSPS) is 12.0. The molecule has 2 N–H and O–H groups in total. The molecule has 3 rings (SSSR count). The van der Waals surface area contributed by atoms with Gasteiger partial charge in [-0.3, -0.25) is 14.9 Å². The van der Waals surface area contributed by atoms with Crippen LogP contribution in [-0.2, 0) is 17.6 Å². The molecule has 8 heteroatoms. The number of aromatic nitrogens is 1. The molecule has 0 unspecified atom stereocenters. The molecule has 2 aromatic heterocycles. The van der Waals surface area contributed by atoms with E-state index in [2.05, 4.69) is 4.98 Å². The Morgan fingerprint density at radius 3 is 2.64 bits per heavy atom. The van der Waals surface area contributed by atoms with E-state index in [0.717, 1.165) is 21.1 Å². The zero-order chi connectivity index (χ0) is 17.8. The summed E-state index contributed by atoms with van der Waals surface area (Å²) in [5.41, 5.74) is 7.53. The predicted octanol–water partition coefficient (Wildman–Crippen LogP) is 3.46. The molecule has 2 heterocycles. The van der Waals surface area contributed by atoms with Gasteiger partial charge in [0.2, 0.25) is 0 Å². The number of hydrogen-bond acceptors (Lipinski definition) is 7. The molecule has 0 aliphatic carbocycles. The maximum Gasteiger partial charge on any atom is 0.269 e. The van der Waals surface area contributed by atoms with Crippen molar-refractivity contribution in [1.82, 2.24) is 4.98 Å². The number of thiazole rings is 1. The van der Waals surface area contributed by atoms with Gasteiger partial charge in [0.25, 0.3) is 5.69 Å². The Morgan fingerprint density at radius 2 is 2.00 bits per heavy atom. The number of nitro groups is 1. The quantitative estimate of drug-likeness (QED) is 0.505. The lowest BCUT2D eigenvalue weighted by Gasteiger charge is -2.09. The molecule has 1 atom stereocenters. The molecule has 0 aliphatic rings. The third-order valence-corrected chi connectivity index (χ3v) is 5.59. The second-order valence-corrected chi connectivity index (χ2v) is 7.30. The Labute approximate surface area is 152 Å². The van der Waals surface area contributed by atoms with Crippen molar-refractivity contribution in [1.29, 1.82) is 0 Å². The van der Waals surface area contributed by atoms with Crippen LogP contribution in [0.5, 0.6) is 0 Å². The van der Waals surface area contributed by atoms with Crippen molar-refractivity contribution in [3.63, 3.8) is 0 Å². The summed E-state index contributed by atoms with van der Waals surface area (Å²) in [5, 5.41) is 15.4. The average molecular weight is 373 g/mol. The zero-order valence-electron chi connectivity index (χ0n) is 13.1. The number of nitrogens with zero attached hydrogens (tertiary/aromatic N) is 2. The van der Waals surface area contributed by atoms with Crippen LogP contribution >= 0.6 is 22.7 Å². The van der Waals surface area contributed by atoms with Crippen LogP contribution in [0, 0.1) is 10.1 Å². The van der Waals surface area contributed by atoms with Gasteiger partial charge in [0, 0.05) is 17.5 Å². The minimum Gasteiger partial charge on any atom is -0.321 e. The highest BCUT2D eigenvalue weighted by molar-refractivity contribution is 7.20. The number of carbonyl (C=O) groups is 1. The molecule has 0 bridgehead atoms. The van der Waals surface area contributed by atoms with Gasteiger partial charge < -0.3 is 5.73 Å². The summed E-state index contributed by atoms with van der Waals surface area (Å²) >= 11 is 3.12. The minimum atomic E-state index is -0.659. The van der Waals surface area contributed by atoms with E-state index in [1.165, 1.54) is 23.5 Å². The van der Waals surface area contributed by atoms with E-state index in [1.807, 2.05) is 22.9 Å². The standard InChI is InChI=1S/C17H15N3O3S2/c18-14(8-11-3-5-13(6-4-11)20(22)23)15(21)9-12-10-25-17(19-12)16-2-1-7-24-16/h1-7,10,14H,8-9,18H2/t14-/m1/s1. The monoisotopic (exact) mass is 373 g/mol. The Morgan fingerprint density at radius 1 is 1.24 bits per heavy atom. The van der Waals surface area contributed by atoms with Gasteiger partial charge >= 0.3 is 0 Å². The number of Topliss-reactive ketones (excluding diaryl/α,β-unsaturated/α-hetero) is 1. The summed E-state index contributed by atoms with van der Waals surface area (Å²) in [6, 6.07) is 9.39. The van der Waals surface area contributed by atoms with Crippen LogP contribution in [0.1, 0.15) is 11.3 Å². The highest BCUT2D eigenvalue weighted by Crippen LogP contribution is 2.28. The van der Waals surface area contributed by atoms with Gasteiger partial charge in [0.15, 0.2) is 5.78 Å². The van der Waals surface area contributed by atoms with E-state index in [1.54, 1.807) is 23.5 Å². The number of benzene rings is 1. The summed E-state index contributed by atoms with van der Waals surface area (Å²) in [6.45, 7) is 0. The lowest BCUT2D eigenvalue weighted by Crippen LogP contribution is -2.34. The van der Waals surface area contributed by atoms with E-state index < -0.39 is 11.0 Å². The molecule has 0 spiro atoms. The molecule has 6 nitrogen and oxygen atoms in total. The average Bonchev–Trinajstić information content (AvgIpc) is 3.26. The largest absolute Gasteiger partial charge is 0.321 e. The van der Waals surface area contributed by atoms with Crippen LogP contribution in [-0.4, -0.2) is 21.7 Å². The SMILES string of the molecule is N[C@H](Cc1ccc([N+](=O)[O-])cc1)C(=O)Cc1csc(-c2cccs2)n1. The van der Waals surface area contributed by atoms with Crippen LogP contribution in [0.15, 0.2) is 47.2 Å². The molecule has 128 valence electrons. The summed E-state index contributed by atoms with van der Waals surface area (Å²) in [4.78, 5) is 28.1. The molecule has 0 fully saturated rings. The van der Waals surface area contributed by atoms with Crippen LogP contribution < -0.4 is 5.73 Å². The number of ketones is 1. The Balaban J connectivity index is 1.60. The van der Waals surface area contributed by atoms with E-state index >= 15 is 0 Å². The van der Waals surface area contributed by atoms with Gasteiger partial charge in [0.05, 0.1) is 28.0 Å². The molecule has 0 saturated heterocycles. The fourth-order valence-electron chi connectivity index (χ4n) is 2.33. The third-order valence-electron chi connectivity index (χ3n) is 3.66. The topological polar surface area (TPSA) is 99.1 Å². The number of rotatable bonds is 7. The number of non-ortho nitro benzene ring substituents is 1. The van der Waals surface area contributed by atoms with E-state index in [4.69, 9.17) is 5.73 Å². The molecule has 0 radical (unpaired) electrons. The predicted molar refractivity (Wildman–Crippen MR) is 98.9 cm³/mol. The highest BCUT2D eigenvalue weighted by atomic mass is 32.1. The first-order valence-corrected chi connectivity index (χ1v) is 9.29. The Hall–Kier alpha value is -2.42. The lowest BCUT2D eigenvalue weighted by atomic mass is 10.0. The van der Waals surface area contributed by atoms with Gasteiger partial charge in [-0.15, -0.1) is 22.7 Å². The molecule has 0 amide bonds. The second-order valence-electron chi connectivity index (χ2n) is 5.50. The van der Waals surface area contributed by atoms with Crippen LogP contribution in [0.2, 0.25) is 0 Å². The summed E-state index contributed by atoms with van der Waals surface area (Å²) < 4.78 is 0. The molecule has 3 aromatic rings. The Bertz CT molecular complexity index is 873. The van der Waals surface area contributed by atoms with Crippen molar-refractivity contribution in [2.75, 3.05) is 0 Å². The molecule has 0 saturated carbocycles. The van der Waals surface area contributed by atoms with Crippen LogP contribution in [0.25, 0.3) is 9.88 Å². The number of thiophene rings is 1. The number of nitro benzene ring substituents is 1. The van der Waals surface area contributed by atoms with Crippen molar-refractivity contribution < 1.29 is 9.72 Å². The van der Waals surface area contributed by atoms with Gasteiger partial charge in [0.1, 0.15) is 5.01 Å². The van der Waals surface area contributed by atoms with Crippen molar-refractivity contribution in [3.05, 3.63) is 68.5 Å². The second kappa shape index (κ2) is 7.64. The first-order chi connectivity index (χ1) is 12.0. The molecular weight excluding hydrogens is 358 g/mol. The maximum absolute atomic E-state index is 12.3. The first kappa shape index (κ1) is 17.4. The smallest absolute Gasteiger partial charge is 0.269 e. The Kier molecular flexibility index (Phi) is 5.32. The minimum absolute atomic E-state index is 0.0206. The molecule has 25 heavy (non-hydrogen) atoms. The fraction of sp³-hybridized carbons (Fsp3) is 0.176. The molecule has 1 aromatic carbocycles. The fourth-order valence-corrected chi connectivity index (χ4v) is 3.97. The number of hydrogen-bond donors (Lipinski definition) is 1. The maximum atomic E-state index is 12.3. The van der Waals surface area contributed by atoms with Gasteiger partial charge in [-0.2, -0.15) is 0 Å². The summed E-state index contributed by atoms with van der Waals surface area (Å²) in [7, 11) is 0. The summed E-state index contributed by atoms with van der Waals surface area (Å²) in [5.74, 6) is -0.0959. The van der Waals surface area contributed by atoms with Gasteiger partial charge in [-0.1, -0.05) is 18.2 Å². The van der Waals surface area contributed by atoms with Crippen molar-refractivity contribution in [2.24, 2.45) is 5.73 Å². The van der Waals surface area contributed by atoms with E-state index in [0.29, 0.717) is 6.42 Å².